The number of alkyl halides is 4. The molecule has 6 nitrogen and oxygen atoms in total. The van der Waals surface area contributed by atoms with Crippen LogP contribution in [-0.2, 0) is 28.6 Å². The molecule has 0 spiro atoms. The van der Waals surface area contributed by atoms with Gasteiger partial charge in [0.1, 0.15) is 18.8 Å². The molecule has 4 saturated carbocycles. The lowest BCUT2D eigenvalue weighted by Gasteiger charge is -2.55. The van der Waals surface area contributed by atoms with Crippen LogP contribution in [0.4, 0.5) is 17.6 Å². The molecule has 0 N–H and O–H groups in total. The Labute approximate surface area is 184 Å². The molecule has 4 aliphatic carbocycles. The van der Waals surface area contributed by atoms with E-state index in [0.717, 1.165) is 19.3 Å². The molecule has 0 unspecified atom stereocenters. The molecule has 0 aromatic heterocycles. The van der Waals surface area contributed by atoms with Crippen LogP contribution in [0.25, 0.3) is 0 Å². The molecule has 0 aromatic rings. The topological polar surface area (TPSA) is 78.9 Å². The van der Waals surface area contributed by atoms with E-state index < -0.39 is 54.0 Å². The summed E-state index contributed by atoms with van der Waals surface area (Å²) in [4.78, 5) is 35.6. The van der Waals surface area contributed by atoms with Crippen LogP contribution in [0, 0.1) is 23.2 Å². The molecule has 32 heavy (non-hydrogen) atoms. The maximum absolute atomic E-state index is 14.4. The first-order chi connectivity index (χ1) is 14.7. The van der Waals surface area contributed by atoms with Gasteiger partial charge in [-0.25, -0.2) is 9.59 Å². The number of hydrogen-bond acceptors (Lipinski definition) is 6. The van der Waals surface area contributed by atoms with Gasteiger partial charge in [0.15, 0.2) is 0 Å². The van der Waals surface area contributed by atoms with Crippen molar-refractivity contribution in [1.29, 1.82) is 0 Å². The molecule has 4 rings (SSSR count). The van der Waals surface area contributed by atoms with Gasteiger partial charge >= 0.3 is 29.8 Å². The highest BCUT2D eigenvalue weighted by Gasteiger charge is 2.70. The highest BCUT2D eigenvalue weighted by Crippen LogP contribution is 2.57. The monoisotopic (exact) mass is 466 g/mol. The molecule has 0 heterocycles. The Morgan fingerprint density at radius 2 is 1.19 bits per heavy atom. The third kappa shape index (κ3) is 4.59. The van der Waals surface area contributed by atoms with Crippen LogP contribution in [0.5, 0.6) is 0 Å². The summed E-state index contributed by atoms with van der Waals surface area (Å²) in [6.45, 7) is 3.52. The van der Waals surface area contributed by atoms with Crippen LogP contribution >= 0.6 is 0 Å². The first-order valence-corrected chi connectivity index (χ1v) is 11.1. The van der Waals surface area contributed by atoms with Gasteiger partial charge in [-0.1, -0.05) is 6.92 Å². The van der Waals surface area contributed by atoms with Gasteiger partial charge in [0.05, 0.1) is 5.41 Å². The van der Waals surface area contributed by atoms with Crippen molar-refractivity contribution in [3.05, 3.63) is 0 Å². The largest absolute Gasteiger partial charge is 0.462 e. The third-order valence-electron chi connectivity index (χ3n) is 7.18. The van der Waals surface area contributed by atoms with E-state index in [0.29, 0.717) is 25.7 Å². The second-order valence-corrected chi connectivity index (χ2v) is 10.1. The smallest absolute Gasteiger partial charge is 0.415 e. The highest BCUT2D eigenvalue weighted by atomic mass is 19.3. The molecular weight excluding hydrogens is 436 g/mol. The summed E-state index contributed by atoms with van der Waals surface area (Å²) in [7, 11) is 0. The van der Waals surface area contributed by atoms with Gasteiger partial charge in [0.2, 0.25) is 0 Å². The van der Waals surface area contributed by atoms with Gasteiger partial charge in [-0.05, 0) is 76.5 Å². The molecule has 0 saturated heterocycles. The van der Waals surface area contributed by atoms with E-state index in [-0.39, 0.29) is 17.8 Å². The van der Waals surface area contributed by atoms with Crippen molar-refractivity contribution in [1.82, 2.24) is 0 Å². The molecule has 0 atom stereocenters. The predicted octanol–water partition coefficient (Wildman–Crippen LogP) is 4.29. The maximum Gasteiger partial charge on any atom is 0.415 e. The van der Waals surface area contributed by atoms with E-state index in [1.807, 2.05) is 0 Å². The summed E-state index contributed by atoms with van der Waals surface area (Å²) >= 11 is 0. The van der Waals surface area contributed by atoms with E-state index in [4.69, 9.17) is 9.47 Å². The molecule has 0 aromatic carbocycles. The predicted molar refractivity (Wildman–Crippen MR) is 103 cm³/mol. The van der Waals surface area contributed by atoms with Crippen LogP contribution in [0.2, 0.25) is 0 Å². The summed E-state index contributed by atoms with van der Waals surface area (Å²) in [5.41, 5.74) is -1.99. The van der Waals surface area contributed by atoms with Crippen LogP contribution in [-0.4, -0.2) is 48.6 Å². The van der Waals surface area contributed by atoms with Gasteiger partial charge in [-0.3, -0.25) is 4.79 Å². The lowest BCUT2D eigenvalue weighted by molar-refractivity contribution is -0.253. The summed E-state index contributed by atoms with van der Waals surface area (Å²) < 4.78 is 71.1. The van der Waals surface area contributed by atoms with E-state index in [9.17, 15) is 31.9 Å². The standard InChI is InChI=1S/C22H30F4O6/c1-4-19(2,3)16(27)30-5-6-31-17(28)21(23,24)22(25,26)18(29)32-20-10-13-7-14(11-20)9-15(8-13)12-20/h13-15H,4-12H2,1-3H3. The second kappa shape index (κ2) is 8.48. The average Bonchev–Trinajstić information content (AvgIpc) is 2.69. The van der Waals surface area contributed by atoms with Gasteiger partial charge in [-0.2, -0.15) is 17.6 Å². The van der Waals surface area contributed by atoms with Crippen molar-refractivity contribution >= 4 is 17.9 Å². The van der Waals surface area contributed by atoms with Gasteiger partial charge in [-0.15, -0.1) is 0 Å². The molecule has 0 amide bonds. The fourth-order valence-electron chi connectivity index (χ4n) is 5.37. The van der Waals surface area contributed by atoms with Crippen LogP contribution in [0.1, 0.15) is 65.7 Å². The van der Waals surface area contributed by atoms with Crippen molar-refractivity contribution in [3.63, 3.8) is 0 Å². The van der Waals surface area contributed by atoms with Crippen molar-refractivity contribution in [3.8, 4) is 0 Å². The van der Waals surface area contributed by atoms with Crippen molar-refractivity contribution in [2.45, 2.75) is 83.2 Å². The van der Waals surface area contributed by atoms with Gasteiger partial charge < -0.3 is 14.2 Å². The van der Waals surface area contributed by atoms with Crippen LogP contribution in [0.15, 0.2) is 0 Å². The van der Waals surface area contributed by atoms with Crippen LogP contribution in [0.3, 0.4) is 0 Å². The number of ether oxygens (including phenoxy) is 3. The Kier molecular flexibility index (Phi) is 6.56. The average molecular weight is 466 g/mol. The number of esters is 3. The minimum absolute atomic E-state index is 0.244. The van der Waals surface area contributed by atoms with E-state index >= 15 is 0 Å². The fraction of sp³-hybridized carbons (Fsp3) is 0.864. The summed E-state index contributed by atoms with van der Waals surface area (Å²) in [6.07, 6.45) is 4.42. The summed E-state index contributed by atoms with van der Waals surface area (Å²) in [5.74, 6) is -15.7. The Balaban J connectivity index is 1.55. The first-order valence-electron chi connectivity index (χ1n) is 11.1. The first kappa shape index (κ1) is 24.8. The Hall–Kier alpha value is -1.87. The number of carbonyl (C=O) groups is 3. The molecule has 4 fully saturated rings. The molecule has 4 bridgehead atoms. The van der Waals surface area contributed by atoms with E-state index in [1.54, 1.807) is 20.8 Å². The number of carbonyl (C=O) groups excluding carboxylic acids is 3. The van der Waals surface area contributed by atoms with Crippen molar-refractivity contribution in [2.24, 2.45) is 23.2 Å². The lowest BCUT2D eigenvalue weighted by atomic mass is 9.54. The quantitative estimate of drug-likeness (QED) is 0.218. The Morgan fingerprint density at radius 1 is 0.781 bits per heavy atom. The third-order valence-corrected chi connectivity index (χ3v) is 7.18. The van der Waals surface area contributed by atoms with Crippen molar-refractivity contribution in [2.75, 3.05) is 13.2 Å². The van der Waals surface area contributed by atoms with Crippen molar-refractivity contribution < 1.29 is 46.2 Å². The van der Waals surface area contributed by atoms with E-state index in [1.165, 1.54) is 0 Å². The molecular formula is C22H30F4O6. The zero-order valence-corrected chi connectivity index (χ0v) is 18.6. The number of hydrogen-bond donors (Lipinski definition) is 0. The molecule has 4 aliphatic rings. The number of halogens is 4. The second-order valence-electron chi connectivity index (χ2n) is 10.1. The minimum atomic E-state index is -5.42. The fourth-order valence-corrected chi connectivity index (χ4v) is 5.37. The zero-order valence-electron chi connectivity index (χ0n) is 18.6. The van der Waals surface area contributed by atoms with Crippen LogP contribution < -0.4 is 0 Å². The number of rotatable bonds is 9. The minimum Gasteiger partial charge on any atom is -0.462 e. The maximum atomic E-state index is 14.4. The Bertz CT molecular complexity index is 728. The highest BCUT2D eigenvalue weighted by molar-refractivity contribution is 5.90. The Morgan fingerprint density at radius 3 is 1.62 bits per heavy atom. The molecule has 0 radical (unpaired) electrons. The van der Waals surface area contributed by atoms with Gasteiger partial charge in [0.25, 0.3) is 0 Å². The van der Waals surface area contributed by atoms with E-state index in [2.05, 4.69) is 4.74 Å². The summed E-state index contributed by atoms with van der Waals surface area (Å²) in [5, 5.41) is 0. The molecule has 182 valence electrons. The summed E-state index contributed by atoms with van der Waals surface area (Å²) in [6, 6.07) is 0. The molecule has 10 heteroatoms. The normalized spacial score (nSPS) is 29.5. The van der Waals surface area contributed by atoms with Gasteiger partial charge in [0, 0.05) is 0 Å². The lowest BCUT2D eigenvalue weighted by Crippen LogP contribution is -2.58. The SMILES string of the molecule is CCC(C)(C)C(=O)OCCOC(=O)C(F)(F)C(F)(F)C(=O)OC12CC3CC(CC(C3)C1)C2. The zero-order chi connectivity index (χ0) is 23.9. The molecule has 0 aliphatic heterocycles.